The molecule has 0 saturated heterocycles. The zero-order valence-corrected chi connectivity index (χ0v) is 17.3. The van der Waals surface area contributed by atoms with E-state index in [9.17, 15) is 9.59 Å². The van der Waals surface area contributed by atoms with Crippen LogP contribution >= 0.6 is 0 Å². The SMILES string of the molecule is CCOc1ccccc1NC(=O)CN1C(=O)C(c2ccccc2)=NC12CCCCC2. The van der Waals surface area contributed by atoms with Crippen LogP contribution in [0.3, 0.4) is 0 Å². The molecule has 0 bridgehead atoms. The fourth-order valence-corrected chi connectivity index (χ4v) is 4.32. The molecule has 0 aromatic heterocycles. The molecule has 2 aliphatic rings. The number of benzene rings is 2. The van der Waals surface area contributed by atoms with E-state index >= 15 is 0 Å². The van der Waals surface area contributed by atoms with Crippen LogP contribution in [-0.4, -0.2) is 41.2 Å². The Kier molecular flexibility index (Phi) is 5.84. The lowest BCUT2D eigenvalue weighted by Crippen LogP contribution is -2.51. The Morgan fingerprint density at radius 1 is 1.07 bits per heavy atom. The van der Waals surface area contributed by atoms with Crippen LogP contribution in [0.5, 0.6) is 5.75 Å². The lowest BCUT2D eigenvalue weighted by molar-refractivity contribution is -0.134. The maximum atomic E-state index is 13.3. The molecular formula is C24H27N3O3. The van der Waals surface area contributed by atoms with E-state index in [1.807, 2.05) is 55.5 Å². The van der Waals surface area contributed by atoms with Crippen molar-refractivity contribution in [2.45, 2.75) is 44.7 Å². The molecule has 1 aliphatic heterocycles. The molecule has 0 atom stereocenters. The van der Waals surface area contributed by atoms with E-state index < -0.39 is 5.66 Å². The van der Waals surface area contributed by atoms with Crippen molar-refractivity contribution in [1.29, 1.82) is 0 Å². The molecule has 0 radical (unpaired) electrons. The third-order valence-electron chi connectivity index (χ3n) is 5.73. The normalized spacial score (nSPS) is 17.7. The molecule has 1 spiro atoms. The quantitative estimate of drug-likeness (QED) is 0.789. The van der Waals surface area contributed by atoms with Gasteiger partial charge in [0.2, 0.25) is 5.91 Å². The summed E-state index contributed by atoms with van der Waals surface area (Å²) in [7, 11) is 0. The molecular weight excluding hydrogens is 378 g/mol. The second kappa shape index (κ2) is 8.69. The van der Waals surface area contributed by atoms with E-state index in [0.29, 0.717) is 23.8 Å². The van der Waals surface area contributed by atoms with Crippen LogP contribution in [0.2, 0.25) is 0 Å². The lowest BCUT2D eigenvalue weighted by Gasteiger charge is -2.38. The molecule has 1 fully saturated rings. The Morgan fingerprint density at radius 2 is 1.77 bits per heavy atom. The topological polar surface area (TPSA) is 71.0 Å². The molecule has 1 N–H and O–H groups in total. The molecule has 30 heavy (non-hydrogen) atoms. The Balaban J connectivity index is 1.57. The van der Waals surface area contributed by atoms with Crippen LogP contribution in [0.15, 0.2) is 59.6 Å². The first-order chi connectivity index (χ1) is 14.6. The summed E-state index contributed by atoms with van der Waals surface area (Å²) in [6.45, 7) is 2.38. The fourth-order valence-electron chi connectivity index (χ4n) is 4.32. The zero-order chi connectivity index (χ0) is 21.0. The van der Waals surface area contributed by atoms with Gasteiger partial charge >= 0.3 is 0 Å². The average Bonchev–Trinajstić information content (AvgIpc) is 3.02. The number of ether oxygens (including phenoxy) is 1. The Hall–Kier alpha value is -3.15. The van der Waals surface area contributed by atoms with Crippen LogP contribution < -0.4 is 10.1 Å². The van der Waals surface area contributed by atoms with Crippen molar-refractivity contribution in [1.82, 2.24) is 4.90 Å². The zero-order valence-electron chi connectivity index (χ0n) is 17.3. The maximum Gasteiger partial charge on any atom is 0.275 e. The summed E-state index contributed by atoms with van der Waals surface area (Å²) in [5.41, 5.74) is 1.26. The highest BCUT2D eigenvalue weighted by Crippen LogP contribution is 2.39. The van der Waals surface area contributed by atoms with Gasteiger partial charge < -0.3 is 15.0 Å². The first-order valence-electron chi connectivity index (χ1n) is 10.6. The Labute approximate surface area is 176 Å². The molecule has 0 unspecified atom stereocenters. The number of anilines is 1. The van der Waals surface area contributed by atoms with Gasteiger partial charge in [0.1, 0.15) is 23.7 Å². The van der Waals surface area contributed by atoms with Gasteiger partial charge in [0.05, 0.1) is 12.3 Å². The number of hydrogen-bond acceptors (Lipinski definition) is 4. The summed E-state index contributed by atoms with van der Waals surface area (Å²) < 4.78 is 5.60. The van der Waals surface area contributed by atoms with Gasteiger partial charge in [0, 0.05) is 5.56 Å². The molecule has 156 valence electrons. The average molecular weight is 405 g/mol. The standard InChI is InChI=1S/C24H27N3O3/c1-2-30-20-14-8-7-13-19(20)25-21(28)17-27-23(29)22(18-11-5-3-6-12-18)26-24(27)15-9-4-10-16-24/h3,5-8,11-14H,2,4,9-10,15-17H2,1H3,(H,25,28). The van der Waals surface area contributed by atoms with Gasteiger partial charge in [-0.2, -0.15) is 0 Å². The molecule has 6 nitrogen and oxygen atoms in total. The summed E-state index contributed by atoms with van der Waals surface area (Å²) in [5, 5.41) is 2.91. The van der Waals surface area contributed by atoms with E-state index in [0.717, 1.165) is 37.7 Å². The minimum atomic E-state index is -0.614. The summed E-state index contributed by atoms with van der Waals surface area (Å²) in [6.07, 6.45) is 4.72. The van der Waals surface area contributed by atoms with Crippen LogP contribution in [0.4, 0.5) is 5.69 Å². The lowest BCUT2D eigenvalue weighted by atomic mass is 9.88. The molecule has 1 heterocycles. The highest BCUT2D eigenvalue weighted by atomic mass is 16.5. The van der Waals surface area contributed by atoms with Gasteiger partial charge in [-0.3, -0.25) is 14.6 Å². The van der Waals surface area contributed by atoms with E-state index in [1.54, 1.807) is 11.0 Å². The van der Waals surface area contributed by atoms with E-state index in [2.05, 4.69) is 5.32 Å². The summed E-state index contributed by atoms with van der Waals surface area (Å²) >= 11 is 0. The summed E-state index contributed by atoms with van der Waals surface area (Å²) in [4.78, 5) is 32.8. The van der Waals surface area contributed by atoms with Crippen LogP contribution in [-0.2, 0) is 9.59 Å². The number of amides is 2. The third kappa shape index (κ3) is 3.95. The number of para-hydroxylation sites is 2. The predicted octanol–water partition coefficient (Wildman–Crippen LogP) is 4.02. The van der Waals surface area contributed by atoms with Crippen molar-refractivity contribution >= 4 is 23.2 Å². The number of rotatable bonds is 6. The number of aliphatic imine (C=N–C) groups is 1. The van der Waals surface area contributed by atoms with Gasteiger partial charge in [0.15, 0.2) is 0 Å². The molecule has 1 aliphatic carbocycles. The van der Waals surface area contributed by atoms with E-state index in [-0.39, 0.29) is 18.4 Å². The molecule has 4 rings (SSSR count). The highest BCUT2D eigenvalue weighted by molar-refractivity contribution is 6.47. The highest BCUT2D eigenvalue weighted by Gasteiger charge is 2.48. The Bertz CT molecular complexity index is 949. The van der Waals surface area contributed by atoms with Crippen LogP contribution in [0, 0.1) is 0 Å². The monoisotopic (exact) mass is 405 g/mol. The Morgan fingerprint density at radius 3 is 2.50 bits per heavy atom. The van der Waals surface area contributed by atoms with Gasteiger partial charge in [-0.15, -0.1) is 0 Å². The smallest absolute Gasteiger partial charge is 0.275 e. The summed E-state index contributed by atoms with van der Waals surface area (Å²) in [5.74, 6) is 0.205. The van der Waals surface area contributed by atoms with Crippen molar-refractivity contribution in [2.75, 3.05) is 18.5 Å². The number of nitrogens with one attached hydrogen (secondary N) is 1. The van der Waals surface area contributed by atoms with Crippen LogP contribution in [0.1, 0.15) is 44.6 Å². The van der Waals surface area contributed by atoms with E-state index in [1.165, 1.54) is 0 Å². The predicted molar refractivity (Wildman–Crippen MR) is 117 cm³/mol. The summed E-state index contributed by atoms with van der Waals surface area (Å²) in [6, 6.07) is 16.8. The minimum Gasteiger partial charge on any atom is -0.492 e. The second-order valence-electron chi connectivity index (χ2n) is 7.74. The van der Waals surface area contributed by atoms with Crippen molar-refractivity contribution < 1.29 is 14.3 Å². The molecule has 6 heteroatoms. The molecule has 2 aromatic rings. The van der Waals surface area contributed by atoms with Crippen molar-refractivity contribution in [3.63, 3.8) is 0 Å². The molecule has 2 aromatic carbocycles. The largest absolute Gasteiger partial charge is 0.492 e. The van der Waals surface area contributed by atoms with Gasteiger partial charge in [-0.1, -0.05) is 48.9 Å². The number of carbonyl (C=O) groups is 2. The van der Waals surface area contributed by atoms with Gasteiger partial charge in [-0.25, -0.2) is 0 Å². The second-order valence-corrected chi connectivity index (χ2v) is 7.74. The number of carbonyl (C=O) groups excluding carboxylic acids is 2. The van der Waals surface area contributed by atoms with Crippen molar-refractivity contribution in [3.8, 4) is 5.75 Å². The van der Waals surface area contributed by atoms with Crippen molar-refractivity contribution in [2.24, 2.45) is 4.99 Å². The van der Waals surface area contributed by atoms with Crippen LogP contribution in [0.25, 0.3) is 0 Å². The number of nitrogens with zero attached hydrogens (tertiary/aromatic N) is 2. The minimum absolute atomic E-state index is 0.0286. The van der Waals surface area contributed by atoms with Gasteiger partial charge in [-0.05, 0) is 44.7 Å². The third-order valence-corrected chi connectivity index (χ3v) is 5.73. The van der Waals surface area contributed by atoms with E-state index in [4.69, 9.17) is 9.73 Å². The first kappa shape index (κ1) is 20.1. The molecule has 1 saturated carbocycles. The van der Waals surface area contributed by atoms with Gasteiger partial charge in [0.25, 0.3) is 5.91 Å². The maximum absolute atomic E-state index is 13.3. The first-order valence-corrected chi connectivity index (χ1v) is 10.6. The molecule has 2 amide bonds. The van der Waals surface area contributed by atoms with Crippen molar-refractivity contribution in [3.05, 3.63) is 60.2 Å². The fraction of sp³-hybridized carbons (Fsp3) is 0.375. The number of hydrogen-bond donors (Lipinski definition) is 1.